The smallest absolute Gasteiger partial charge is 0.315 e. The number of isothiocyanates is 1. The number of unbranched alkanes of at least 4 members (excludes halogenated alkanes) is 4. The number of carbonyl (C=O) groups is 7. The lowest BCUT2D eigenvalue weighted by atomic mass is 10.0. The van der Waals surface area contributed by atoms with Crippen molar-refractivity contribution in [1.82, 2.24) is 42.5 Å². The average Bonchev–Trinajstić information content (AvgIpc) is 1.91. The Morgan fingerprint density at radius 2 is 1.01 bits per heavy atom. The number of anilines is 1. The van der Waals surface area contributed by atoms with Crippen molar-refractivity contribution in [2.24, 2.45) is 4.99 Å². The Morgan fingerprint density at radius 1 is 0.533 bits per heavy atom. The molecular weight excluding hydrogens is 1220 g/mol. The molecule has 510 valence electrons. The van der Waals surface area contributed by atoms with E-state index in [4.69, 9.17) is 42.6 Å². The van der Waals surface area contributed by atoms with Crippen LogP contribution in [0.5, 0.6) is 0 Å². The van der Waals surface area contributed by atoms with Crippen molar-refractivity contribution in [2.45, 2.75) is 133 Å². The van der Waals surface area contributed by atoms with Crippen LogP contribution in [0, 0.1) is 0 Å². The van der Waals surface area contributed by atoms with Gasteiger partial charge >= 0.3 is 12.1 Å². The molecule has 5 atom stereocenters. The van der Waals surface area contributed by atoms with Crippen LogP contribution >= 0.6 is 35.7 Å². The van der Waals surface area contributed by atoms with Gasteiger partial charge in [0.15, 0.2) is 0 Å². The number of fused-ring (bicyclic) bond motifs is 1. The van der Waals surface area contributed by atoms with Crippen LogP contribution < -0.4 is 47.9 Å². The van der Waals surface area contributed by atoms with E-state index >= 15 is 0 Å². The zero-order chi connectivity index (χ0) is 64.3. The van der Waals surface area contributed by atoms with Crippen molar-refractivity contribution in [3.63, 3.8) is 0 Å². The Labute approximate surface area is 545 Å². The molecule has 5 unspecified atom stereocenters. The highest BCUT2D eigenvalue weighted by atomic mass is 32.2. The maximum absolute atomic E-state index is 13.4. The van der Waals surface area contributed by atoms with Gasteiger partial charge in [-0.2, -0.15) is 23.5 Å². The van der Waals surface area contributed by atoms with Crippen LogP contribution in [0.4, 0.5) is 15.3 Å². The number of urea groups is 2. The van der Waals surface area contributed by atoms with Crippen LogP contribution in [0.15, 0.2) is 23.2 Å². The lowest BCUT2D eigenvalue weighted by Crippen LogP contribution is -2.36. The van der Waals surface area contributed by atoms with Gasteiger partial charge in [-0.15, -0.1) is 0 Å². The molecule has 0 spiro atoms. The molecule has 1 aromatic carbocycles. The van der Waals surface area contributed by atoms with Gasteiger partial charge in [0.1, 0.15) is 0 Å². The first-order chi connectivity index (χ1) is 44.0. The molecule has 3 aliphatic rings. The van der Waals surface area contributed by atoms with Crippen LogP contribution in [-0.4, -0.2) is 245 Å². The Bertz CT molecular complexity index is 2250. The molecule has 3 saturated heterocycles. The van der Waals surface area contributed by atoms with E-state index in [9.17, 15) is 33.6 Å². The van der Waals surface area contributed by atoms with Gasteiger partial charge in [0.05, 0.1) is 116 Å². The SMILES string of the molecule is CC1NC(=O)NC1CSCCCCCC(=O)NCCCOCCOCCOCCCNC(=O)c1cc(NC(=O)CCCCOCCOCCOCCCN=C=S)cc(C(=O)NCCCOCCOCCOCCNC(=O)CCCCC2SCC3NC(=O)NC32)c1. The number of nitrogens with one attached hydrogen (secondary N) is 9. The standard InChI is InChI=1S/C61H102N10O16S3/c1-47-51(69-60(77)67-47)44-89-40-8-2-3-14-54(72)63-18-10-24-81-30-36-86-37-31-82-25-11-19-65-58(75)48-41-49(43-50(42-48)68-56(74)16-6-7-22-79-28-34-85-35-29-80-23-9-17-62-46-88)59(76)66-20-12-26-83-32-38-87-39-33-84-27-21-64-55(73)15-5-4-13-53-57-52(45-90-53)70-61(78)71-57/h41-43,47,51-53,57H,2-40,44-45H2,1H3,(H,63,72)(H,64,73)(H,65,75)(H,66,76)(H,68,74)(H2,67,69,77)(H2,70,71,78). The molecule has 1 aromatic rings. The van der Waals surface area contributed by atoms with Crippen molar-refractivity contribution in [3.8, 4) is 0 Å². The fraction of sp³-hybridized carbons (Fsp3) is 0.770. The Hall–Kier alpha value is -4.75. The third-order valence-electron chi connectivity index (χ3n) is 14.2. The number of thioether (sulfide) groups is 2. The predicted octanol–water partition coefficient (Wildman–Crippen LogP) is 4.39. The predicted molar refractivity (Wildman–Crippen MR) is 350 cm³/mol. The molecule has 0 radical (unpaired) electrons. The second-order valence-corrected chi connectivity index (χ2v) is 24.3. The van der Waals surface area contributed by atoms with E-state index in [2.05, 4.69) is 70.2 Å². The van der Waals surface area contributed by atoms with E-state index in [1.54, 1.807) is 12.1 Å². The summed E-state index contributed by atoms with van der Waals surface area (Å²) in [5, 5.41) is 28.9. The fourth-order valence-corrected chi connectivity index (χ4v) is 12.2. The third kappa shape index (κ3) is 38.3. The molecule has 29 heteroatoms. The number of aliphatic imine (C=N–C) groups is 1. The number of hydrogen-bond acceptors (Lipinski definition) is 20. The molecule has 0 aromatic heterocycles. The zero-order valence-corrected chi connectivity index (χ0v) is 55.3. The molecule has 3 fully saturated rings. The summed E-state index contributed by atoms with van der Waals surface area (Å²) in [7, 11) is 0. The lowest BCUT2D eigenvalue weighted by molar-refractivity contribution is -0.122. The number of nitrogens with zero attached hydrogens (tertiary/aromatic N) is 1. The summed E-state index contributed by atoms with van der Waals surface area (Å²) >= 11 is 8.26. The number of thiocarbonyl (C=S) groups is 1. The molecule has 0 saturated carbocycles. The van der Waals surface area contributed by atoms with Crippen LogP contribution in [-0.2, 0) is 57.0 Å². The van der Waals surface area contributed by atoms with E-state index in [1.165, 1.54) is 6.07 Å². The summed E-state index contributed by atoms with van der Waals surface area (Å²) in [4.78, 5) is 91.1. The Kier molecular flexibility index (Phi) is 44.7. The van der Waals surface area contributed by atoms with E-state index in [1.807, 2.05) is 30.4 Å². The van der Waals surface area contributed by atoms with E-state index in [-0.39, 0.29) is 71.5 Å². The second-order valence-electron chi connectivity index (χ2n) is 21.7. The van der Waals surface area contributed by atoms with Gasteiger partial charge in [-0.05, 0) is 107 Å². The minimum Gasteiger partial charge on any atom is -0.379 e. The molecule has 4 rings (SSSR count). The largest absolute Gasteiger partial charge is 0.379 e. The van der Waals surface area contributed by atoms with Crippen LogP contribution in [0.2, 0.25) is 0 Å². The van der Waals surface area contributed by atoms with Gasteiger partial charge in [-0.1, -0.05) is 12.8 Å². The van der Waals surface area contributed by atoms with Crippen molar-refractivity contribution >= 4 is 88.2 Å². The molecule has 90 heavy (non-hydrogen) atoms. The lowest BCUT2D eigenvalue weighted by Gasteiger charge is -2.16. The minimum atomic E-state index is -0.411. The Balaban J connectivity index is 1.01. The zero-order valence-electron chi connectivity index (χ0n) is 52.8. The monoisotopic (exact) mass is 1330 g/mol. The number of carbonyl (C=O) groups excluding carboxylic acids is 7. The maximum atomic E-state index is 13.4. The highest BCUT2D eigenvalue weighted by Gasteiger charge is 2.42. The van der Waals surface area contributed by atoms with Gasteiger partial charge in [0, 0.05) is 118 Å². The summed E-state index contributed by atoms with van der Waals surface area (Å²) < 4.78 is 50.4. The summed E-state index contributed by atoms with van der Waals surface area (Å²) in [5.41, 5.74) is 0.740. The highest BCUT2D eigenvalue weighted by molar-refractivity contribution is 8.00. The normalized spacial score (nSPS) is 17.4. The van der Waals surface area contributed by atoms with Crippen LogP contribution in [0.3, 0.4) is 0 Å². The first-order valence-electron chi connectivity index (χ1n) is 32.1. The minimum absolute atomic E-state index is 0.00128. The summed E-state index contributed by atoms with van der Waals surface area (Å²) in [5.74, 6) is 1.80. The fourth-order valence-electron chi connectivity index (χ4n) is 9.37. The van der Waals surface area contributed by atoms with Crippen LogP contribution in [0.25, 0.3) is 0 Å². The van der Waals surface area contributed by atoms with Crippen molar-refractivity contribution in [2.75, 3.05) is 174 Å². The topological polar surface area (TPSA) is 323 Å². The number of ether oxygens (including phenoxy) is 9. The van der Waals surface area contributed by atoms with Crippen molar-refractivity contribution < 1.29 is 76.2 Å². The van der Waals surface area contributed by atoms with Gasteiger partial charge < -0.3 is 90.5 Å². The second kappa shape index (κ2) is 51.7. The summed E-state index contributed by atoms with van der Waals surface area (Å²) in [6.07, 6.45) is 10.5. The first kappa shape index (κ1) is 77.7. The average molecular weight is 1330 g/mol. The maximum Gasteiger partial charge on any atom is 0.315 e. The van der Waals surface area contributed by atoms with Gasteiger partial charge in [-0.25, -0.2) is 14.6 Å². The molecule has 3 heterocycles. The quantitative estimate of drug-likeness (QED) is 0.0189. The van der Waals surface area contributed by atoms with E-state index in [0.29, 0.717) is 208 Å². The summed E-state index contributed by atoms with van der Waals surface area (Å²) in [6.45, 7) is 11.8. The number of benzene rings is 1. The number of amides is 9. The summed E-state index contributed by atoms with van der Waals surface area (Å²) in [6, 6.07) is 5.12. The molecule has 9 N–H and O–H groups in total. The molecule has 3 aliphatic heterocycles. The number of rotatable bonds is 58. The van der Waals surface area contributed by atoms with E-state index < -0.39 is 11.8 Å². The van der Waals surface area contributed by atoms with Crippen molar-refractivity contribution in [3.05, 3.63) is 29.3 Å². The molecular formula is C61H102N10O16S3. The highest BCUT2D eigenvalue weighted by Crippen LogP contribution is 2.33. The van der Waals surface area contributed by atoms with Gasteiger partial charge in [-0.3, -0.25) is 24.0 Å². The molecule has 0 aliphatic carbocycles. The molecule has 0 bridgehead atoms. The Morgan fingerprint density at radius 3 is 1.57 bits per heavy atom. The van der Waals surface area contributed by atoms with Gasteiger partial charge in [0.25, 0.3) is 11.8 Å². The number of hydrogen-bond donors (Lipinski definition) is 9. The third-order valence-corrected chi connectivity index (χ3v) is 17.1. The van der Waals surface area contributed by atoms with Crippen molar-refractivity contribution in [1.29, 1.82) is 0 Å². The molecule has 26 nitrogen and oxygen atoms in total. The van der Waals surface area contributed by atoms with Crippen LogP contribution in [0.1, 0.15) is 124 Å². The molecule has 9 amide bonds. The van der Waals surface area contributed by atoms with Gasteiger partial charge in [0.2, 0.25) is 17.7 Å². The first-order valence-corrected chi connectivity index (χ1v) is 34.7. The van der Waals surface area contributed by atoms with E-state index in [0.717, 1.165) is 62.2 Å².